The molecule has 0 unspecified atom stereocenters. The van der Waals surface area contributed by atoms with Crippen LogP contribution in [-0.2, 0) is 17.7 Å². The largest absolute Gasteiger partial charge is 0.379 e. The molecule has 1 aliphatic rings. The Morgan fingerprint density at radius 1 is 1.35 bits per heavy atom. The average molecular weight is 331 g/mol. The number of morpholine rings is 1. The Balaban J connectivity index is 1.63. The number of carbonyl (C=O) groups excluding carboxylic acids is 1. The molecule has 2 aromatic rings. The van der Waals surface area contributed by atoms with Crippen molar-refractivity contribution in [3.8, 4) is 0 Å². The second-order valence-corrected chi connectivity index (χ2v) is 6.42. The number of aryl methyl sites for hydroxylation is 1. The van der Waals surface area contributed by atoms with Crippen molar-refractivity contribution in [1.29, 1.82) is 0 Å². The second kappa shape index (κ2) is 7.68. The van der Waals surface area contributed by atoms with E-state index in [1.54, 1.807) is 0 Å². The summed E-state index contributed by atoms with van der Waals surface area (Å²) in [5, 5.41) is 5.77. The van der Waals surface area contributed by atoms with Gasteiger partial charge in [0.2, 0.25) is 0 Å². The first-order valence-corrected chi connectivity index (χ1v) is 8.78. The van der Waals surface area contributed by atoms with E-state index in [2.05, 4.69) is 22.1 Å². The summed E-state index contributed by atoms with van der Waals surface area (Å²) in [6.07, 6.45) is 0.885. The van der Waals surface area contributed by atoms with Crippen LogP contribution in [0.2, 0.25) is 0 Å². The van der Waals surface area contributed by atoms with Crippen LogP contribution < -0.4 is 5.32 Å². The molecule has 0 spiro atoms. The molecule has 0 bridgehead atoms. The quantitative estimate of drug-likeness (QED) is 0.915. The topological polar surface area (TPSA) is 54.5 Å². The van der Waals surface area contributed by atoms with Crippen molar-refractivity contribution < 1.29 is 9.53 Å². The zero-order valence-corrected chi connectivity index (χ0v) is 14.1. The summed E-state index contributed by atoms with van der Waals surface area (Å²) in [5.41, 5.74) is 2.48. The third kappa shape index (κ3) is 4.16. The van der Waals surface area contributed by atoms with Gasteiger partial charge in [0.15, 0.2) is 0 Å². The normalized spacial score (nSPS) is 15.5. The van der Waals surface area contributed by atoms with E-state index in [0.717, 1.165) is 55.5 Å². The Bertz CT molecular complexity index is 665. The third-order valence-electron chi connectivity index (χ3n) is 3.89. The summed E-state index contributed by atoms with van der Waals surface area (Å²) in [5.74, 6) is -0.143. The third-order valence-corrected chi connectivity index (χ3v) is 4.73. The molecular weight excluding hydrogens is 310 g/mol. The Morgan fingerprint density at radius 3 is 2.91 bits per heavy atom. The first kappa shape index (κ1) is 16.1. The molecule has 1 amide bonds. The minimum Gasteiger partial charge on any atom is -0.379 e. The number of amides is 1. The number of carbonyl (C=O) groups is 1. The van der Waals surface area contributed by atoms with E-state index in [4.69, 9.17) is 4.74 Å². The van der Waals surface area contributed by atoms with Crippen LogP contribution in [0.15, 0.2) is 29.6 Å². The van der Waals surface area contributed by atoms with Crippen molar-refractivity contribution in [3.05, 3.63) is 45.9 Å². The lowest BCUT2D eigenvalue weighted by molar-refractivity contribution is 0.0341. The second-order valence-electron chi connectivity index (χ2n) is 5.48. The molecule has 2 heterocycles. The zero-order chi connectivity index (χ0) is 16.1. The maximum absolute atomic E-state index is 12.4. The van der Waals surface area contributed by atoms with Gasteiger partial charge in [-0.15, -0.1) is 11.3 Å². The molecule has 1 aromatic carbocycles. The van der Waals surface area contributed by atoms with Crippen molar-refractivity contribution >= 4 is 22.9 Å². The van der Waals surface area contributed by atoms with Crippen LogP contribution >= 0.6 is 11.3 Å². The van der Waals surface area contributed by atoms with Crippen LogP contribution in [0, 0.1) is 0 Å². The monoisotopic (exact) mass is 331 g/mol. The van der Waals surface area contributed by atoms with E-state index in [9.17, 15) is 4.79 Å². The molecule has 6 heteroatoms. The van der Waals surface area contributed by atoms with Crippen LogP contribution in [0.3, 0.4) is 0 Å². The number of nitrogens with zero attached hydrogens (tertiary/aromatic N) is 2. The Kier molecular flexibility index (Phi) is 5.38. The van der Waals surface area contributed by atoms with Crippen molar-refractivity contribution in [1.82, 2.24) is 9.88 Å². The molecule has 0 aliphatic carbocycles. The Hall–Kier alpha value is -1.76. The SMILES string of the molecule is CCc1ccccc1NC(=O)c1csc(CN2CCOCC2)n1. The Labute approximate surface area is 140 Å². The number of hydrogen-bond acceptors (Lipinski definition) is 5. The highest BCUT2D eigenvalue weighted by Gasteiger charge is 2.16. The predicted molar refractivity (Wildman–Crippen MR) is 92.0 cm³/mol. The van der Waals surface area contributed by atoms with E-state index < -0.39 is 0 Å². The summed E-state index contributed by atoms with van der Waals surface area (Å²) in [4.78, 5) is 19.2. The molecule has 1 aromatic heterocycles. The maximum atomic E-state index is 12.4. The van der Waals surface area contributed by atoms with Gasteiger partial charge in [-0.05, 0) is 18.1 Å². The highest BCUT2D eigenvalue weighted by Crippen LogP contribution is 2.18. The summed E-state index contributed by atoms with van der Waals surface area (Å²) in [7, 11) is 0. The van der Waals surface area contributed by atoms with Gasteiger partial charge in [0, 0.05) is 24.2 Å². The number of aromatic nitrogens is 1. The maximum Gasteiger partial charge on any atom is 0.275 e. The van der Waals surface area contributed by atoms with Crippen LogP contribution in [0.1, 0.15) is 28.0 Å². The van der Waals surface area contributed by atoms with Crippen LogP contribution in [0.5, 0.6) is 0 Å². The van der Waals surface area contributed by atoms with Crippen molar-refractivity contribution in [2.24, 2.45) is 0 Å². The lowest BCUT2D eigenvalue weighted by Gasteiger charge is -2.25. The number of nitrogens with one attached hydrogen (secondary N) is 1. The van der Waals surface area contributed by atoms with E-state index in [1.165, 1.54) is 11.3 Å². The van der Waals surface area contributed by atoms with Crippen molar-refractivity contribution in [2.75, 3.05) is 31.6 Å². The average Bonchev–Trinajstić information content (AvgIpc) is 3.05. The molecular formula is C17H21N3O2S. The molecule has 0 radical (unpaired) electrons. The van der Waals surface area contributed by atoms with Crippen LogP contribution in [-0.4, -0.2) is 42.1 Å². The summed E-state index contributed by atoms with van der Waals surface area (Å²) < 4.78 is 5.35. The molecule has 5 nitrogen and oxygen atoms in total. The molecule has 0 saturated carbocycles. The minimum atomic E-state index is -0.143. The smallest absolute Gasteiger partial charge is 0.275 e. The fourth-order valence-electron chi connectivity index (χ4n) is 2.58. The van der Waals surface area contributed by atoms with Gasteiger partial charge < -0.3 is 10.1 Å². The van der Waals surface area contributed by atoms with Crippen LogP contribution in [0.25, 0.3) is 0 Å². The van der Waals surface area contributed by atoms with Gasteiger partial charge in [0.05, 0.1) is 19.8 Å². The number of anilines is 1. The number of rotatable bonds is 5. The standard InChI is InChI=1S/C17H21N3O2S/c1-2-13-5-3-4-6-14(13)19-17(21)15-12-23-16(18-15)11-20-7-9-22-10-8-20/h3-6,12H,2,7-11H2,1H3,(H,19,21). The fourth-order valence-corrected chi connectivity index (χ4v) is 3.39. The first-order valence-electron chi connectivity index (χ1n) is 7.90. The van der Waals surface area contributed by atoms with Crippen molar-refractivity contribution in [3.63, 3.8) is 0 Å². The van der Waals surface area contributed by atoms with Gasteiger partial charge in [0.25, 0.3) is 5.91 Å². The van der Waals surface area contributed by atoms with E-state index in [-0.39, 0.29) is 5.91 Å². The summed E-state index contributed by atoms with van der Waals surface area (Å²) in [6.45, 7) is 6.25. The van der Waals surface area contributed by atoms with Crippen LogP contribution in [0.4, 0.5) is 5.69 Å². The summed E-state index contributed by atoms with van der Waals surface area (Å²) in [6, 6.07) is 7.87. The van der Waals surface area contributed by atoms with Gasteiger partial charge >= 0.3 is 0 Å². The lowest BCUT2D eigenvalue weighted by Crippen LogP contribution is -2.35. The molecule has 1 fully saturated rings. The molecule has 1 aliphatic heterocycles. The highest BCUT2D eigenvalue weighted by molar-refractivity contribution is 7.09. The van der Waals surface area contributed by atoms with Gasteiger partial charge in [-0.1, -0.05) is 25.1 Å². The zero-order valence-electron chi connectivity index (χ0n) is 13.2. The molecule has 122 valence electrons. The van der Waals surface area contributed by atoms with Gasteiger partial charge in [-0.2, -0.15) is 0 Å². The fraction of sp³-hybridized carbons (Fsp3) is 0.412. The van der Waals surface area contributed by atoms with E-state index in [0.29, 0.717) is 5.69 Å². The Morgan fingerprint density at radius 2 is 2.13 bits per heavy atom. The minimum absolute atomic E-state index is 0.143. The highest BCUT2D eigenvalue weighted by atomic mass is 32.1. The van der Waals surface area contributed by atoms with Gasteiger partial charge in [0.1, 0.15) is 10.7 Å². The molecule has 3 rings (SSSR count). The number of benzene rings is 1. The number of ether oxygens (including phenoxy) is 1. The first-order chi connectivity index (χ1) is 11.3. The summed E-state index contributed by atoms with van der Waals surface area (Å²) >= 11 is 1.54. The van der Waals surface area contributed by atoms with E-state index >= 15 is 0 Å². The predicted octanol–water partition coefficient (Wildman–Crippen LogP) is 2.79. The lowest BCUT2D eigenvalue weighted by atomic mass is 10.1. The van der Waals surface area contributed by atoms with Crippen molar-refractivity contribution in [2.45, 2.75) is 19.9 Å². The number of thiazole rings is 1. The molecule has 23 heavy (non-hydrogen) atoms. The number of para-hydroxylation sites is 1. The van der Waals surface area contributed by atoms with Gasteiger partial charge in [-0.3, -0.25) is 9.69 Å². The molecule has 1 saturated heterocycles. The van der Waals surface area contributed by atoms with E-state index in [1.807, 2.05) is 29.6 Å². The van der Waals surface area contributed by atoms with Gasteiger partial charge in [-0.25, -0.2) is 4.98 Å². The molecule has 1 N–H and O–H groups in total. The number of hydrogen-bond donors (Lipinski definition) is 1. The molecule has 0 atom stereocenters.